The maximum Gasteiger partial charge on any atom is 0.0991 e. The summed E-state index contributed by atoms with van der Waals surface area (Å²) in [7, 11) is 0. The van der Waals surface area contributed by atoms with Crippen molar-refractivity contribution in [3.8, 4) is 17.9 Å². The van der Waals surface area contributed by atoms with Crippen LogP contribution in [-0.2, 0) is 0 Å². The molecule has 0 aromatic heterocycles. The van der Waals surface area contributed by atoms with Crippen molar-refractivity contribution in [2.24, 2.45) is 0 Å². The molecule has 76 valence electrons. The zero-order valence-corrected chi connectivity index (χ0v) is 8.70. The van der Waals surface area contributed by atoms with Crippen molar-refractivity contribution in [3.63, 3.8) is 0 Å². The predicted octanol–water partition coefficient (Wildman–Crippen LogP) is 2.40. The summed E-state index contributed by atoms with van der Waals surface area (Å²) in [5, 5.41) is 18.4. The highest BCUT2D eigenvalue weighted by Crippen LogP contribution is 2.18. The lowest BCUT2D eigenvalue weighted by molar-refractivity contribution is 0.169. The Labute approximate surface area is 90.2 Å². The minimum atomic E-state index is -0.487. The Morgan fingerprint density at radius 2 is 2.00 bits per heavy atom. The molecule has 0 heterocycles. The van der Waals surface area contributed by atoms with Gasteiger partial charge in [-0.15, -0.1) is 11.8 Å². The SMILES string of the molecule is CC#CCCC(O)c1ccc(C#N)cc1. The molecule has 2 nitrogen and oxygen atoms in total. The van der Waals surface area contributed by atoms with Gasteiger partial charge in [0.1, 0.15) is 0 Å². The number of hydrogen-bond donors (Lipinski definition) is 1. The molecule has 1 N–H and O–H groups in total. The predicted molar refractivity (Wildman–Crippen MR) is 58.8 cm³/mol. The maximum absolute atomic E-state index is 9.76. The topological polar surface area (TPSA) is 44.0 Å². The fourth-order valence-electron chi connectivity index (χ4n) is 1.28. The lowest BCUT2D eigenvalue weighted by Gasteiger charge is -2.08. The summed E-state index contributed by atoms with van der Waals surface area (Å²) in [5.41, 5.74) is 1.45. The van der Waals surface area contributed by atoms with Crippen LogP contribution in [0.25, 0.3) is 0 Å². The highest BCUT2D eigenvalue weighted by atomic mass is 16.3. The van der Waals surface area contributed by atoms with Gasteiger partial charge < -0.3 is 5.11 Å². The molecule has 0 fully saturated rings. The monoisotopic (exact) mass is 199 g/mol. The van der Waals surface area contributed by atoms with Gasteiger partial charge in [0.05, 0.1) is 17.7 Å². The molecule has 1 rings (SSSR count). The molecular weight excluding hydrogens is 186 g/mol. The van der Waals surface area contributed by atoms with Gasteiger partial charge in [-0.25, -0.2) is 0 Å². The third-order valence-corrected chi connectivity index (χ3v) is 2.14. The molecule has 0 saturated heterocycles. The van der Waals surface area contributed by atoms with Crippen molar-refractivity contribution in [1.82, 2.24) is 0 Å². The van der Waals surface area contributed by atoms with Crippen molar-refractivity contribution in [3.05, 3.63) is 35.4 Å². The Morgan fingerprint density at radius 1 is 1.33 bits per heavy atom. The van der Waals surface area contributed by atoms with Crippen molar-refractivity contribution in [2.75, 3.05) is 0 Å². The molecule has 2 heteroatoms. The summed E-state index contributed by atoms with van der Waals surface area (Å²) in [6.45, 7) is 1.79. The minimum absolute atomic E-state index is 0.487. The van der Waals surface area contributed by atoms with Gasteiger partial charge in [-0.05, 0) is 31.0 Å². The van der Waals surface area contributed by atoms with Crippen molar-refractivity contribution < 1.29 is 5.11 Å². The second-order valence-corrected chi connectivity index (χ2v) is 3.22. The van der Waals surface area contributed by atoms with E-state index in [0.29, 0.717) is 18.4 Å². The molecule has 0 aliphatic rings. The first kappa shape index (κ1) is 11.3. The number of aliphatic hydroxyl groups excluding tert-OH is 1. The van der Waals surface area contributed by atoms with Crippen LogP contribution < -0.4 is 0 Å². The first-order valence-electron chi connectivity index (χ1n) is 4.85. The summed E-state index contributed by atoms with van der Waals surface area (Å²) in [6.07, 6.45) is 0.836. The number of nitriles is 1. The maximum atomic E-state index is 9.76. The van der Waals surface area contributed by atoms with Crippen LogP contribution >= 0.6 is 0 Å². The lowest BCUT2D eigenvalue weighted by atomic mass is 10.0. The number of rotatable bonds is 3. The van der Waals surface area contributed by atoms with Gasteiger partial charge in [-0.1, -0.05) is 12.1 Å². The van der Waals surface area contributed by atoms with E-state index < -0.39 is 6.10 Å². The summed E-state index contributed by atoms with van der Waals surface area (Å²) >= 11 is 0. The summed E-state index contributed by atoms with van der Waals surface area (Å²) in [5.74, 6) is 5.70. The van der Waals surface area contributed by atoms with Crippen LogP contribution in [0.3, 0.4) is 0 Å². The molecule has 15 heavy (non-hydrogen) atoms. The third-order valence-electron chi connectivity index (χ3n) is 2.14. The van der Waals surface area contributed by atoms with Gasteiger partial charge in [0.15, 0.2) is 0 Å². The lowest BCUT2D eigenvalue weighted by Crippen LogP contribution is -1.96. The summed E-state index contributed by atoms with van der Waals surface area (Å²) in [4.78, 5) is 0. The van der Waals surface area contributed by atoms with Gasteiger partial charge in [0, 0.05) is 6.42 Å². The van der Waals surface area contributed by atoms with E-state index in [4.69, 9.17) is 5.26 Å². The van der Waals surface area contributed by atoms with Gasteiger partial charge >= 0.3 is 0 Å². The van der Waals surface area contributed by atoms with E-state index >= 15 is 0 Å². The first-order chi connectivity index (χ1) is 7.27. The molecule has 0 bridgehead atoms. The van der Waals surface area contributed by atoms with E-state index in [1.165, 1.54) is 0 Å². The Bertz CT molecular complexity index is 403. The Balaban J connectivity index is 2.61. The van der Waals surface area contributed by atoms with E-state index in [1.807, 2.05) is 6.07 Å². The molecule has 0 aliphatic carbocycles. The van der Waals surface area contributed by atoms with Gasteiger partial charge in [-0.3, -0.25) is 0 Å². The molecule has 0 saturated carbocycles. The molecule has 0 spiro atoms. The van der Waals surface area contributed by atoms with Gasteiger partial charge in [-0.2, -0.15) is 5.26 Å². The molecule has 1 aromatic carbocycles. The van der Waals surface area contributed by atoms with Crippen LogP contribution in [0, 0.1) is 23.2 Å². The van der Waals surface area contributed by atoms with Crippen molar-refractivity contribution >= 4 is 0 Å². The molecule has 1 aromatic rings. The number of hydrogen-bond acceptors (Lipinski definition) is 2. The molecule has 0 aliphatic heterocycles. The standard InChI is InChI=1S/C13H13NO/c1-2-3-4-5-13(15)12-8-6-11(10-14)7-9-12/h6-9,13,15H,4-5H2,1H3. The normalized spacial score (nSPS) is 11.0. The van der Waals surface area contributed by atoms with Crippen molar-refractivity contribution in [2.45, 2.75) is 25.9 Å². The summed E-state index contributed by atoms with van der Waals surface area (Å²) in [6, 6.07) is 9.03. The zero-order chi connectivity index (χ0) is 11.1. The number of benzene rings is 1. The van der Waals surface area contributed by atoms with Crippen LogP contribution in [0.1, 0.15) is 37.0 Å². The second kappa shape index (κ2) is 5.86. The fourth-order valence-corrected chi connectivity index (χ4v) is 1.28. The molecule has 0 amide bonds. The largest absolute Gasteiger partial charge is 0.388 e. The van der Waals surface area contributed by atoms with Crippen LogP contribution in [-0.4, -0.2) is 5.11 Å². The van der Waals surface area contributed by atoms with Crippen LogP contribution in [0.5, 0.6) is 0 Å². The third kappa shape index (κ3) is 3.46. The fraction of sp³-hybridized carbons (Fsp3) is 0.308. The van der Waals surface area contributed by atoms with Crippen LogP contribution in [0.2, 0.25) is 0 Å². The zero-order valence-electron chi connectivity index (χ0n) is 8.70. The average molecular weight is 199 g/mol. The second-order valence-electron chi connectivity index (χ2n) is 3.22. The Kier molecular flexibility index (Phi) is 4.41. The van der Waals surface area contributed by atoms with E-state index in [9.17, 15) is 5.11 Å². The van der Waals surface area contributed by atoms with E-state index in [2.05, 4.69) is 11.8 Å². The van der Waals surface area contributed by atoms with Gasteiger partial charge in [0.25, 0.3) is 0 Å². The Morgan fingerprint density at radius 3 is 2.53 bits per heavy atom. The molecular formula is C13H13NO. The van der Waals surface area contributed by atoms with Crippen LogP contribution in [0.4, 0.5) is 0 Å². The van der Waals surface area contributed by atoms with E-state index in [-0.39, 0.29) is 0 Å². The number of nitrogens with zero attached hydrogens (tertiary/aromatic N) is 1. The van der Waals surface area contributed by atoms with Crippen LogP contribution in [0.15, 0.2) is 24.3 Å². The van der Waals surface area contributed by atoms with Gasteiger partial charge in [0.2, 0.25) is 0 Å². The minimum Gasteiger partial charge on any atom is -0.388 e. The molecule has 1 atom stereocenters. The highest BCUT2D eigenvalue weighted by Gasteiger charge is 2.05. The molecule has 1 unspecified atom stereocenters. The average Bonchev–Trinajstić information content (AvgIpc) is 2.29. The smallest absolute Gasteiger partial charge is 0.0991 e. The Hall–Kier alpha value is -1.77. The number of aliphatic hydroxyl groups is 1. The van der Waals surface area contributed by atoms with Crippen molar-refractivity contribution in [1.29, 1.82) is 5.26 Å². The summed E-state index contributed by atoms with van der Waals surface area (Å²) < 4.78 is 0. The molecule has 0 radical (unpaired) electrons. The quantitative estimate of drug-likeness (QED) is 0.759. The highest BCUT2D eigenvalue weighted by molar-refractivity contribution is 5.32. The first-order valence-corrected chi connectivity index (χ1v) is 4.85. The van der Waals surface area contributed by atoms with E-state index in [0.717, 1.165) is 5.56 Å². The van der Waals surface area contributed by atoms with E-state index in [1.54, 1.807) is 31.2 Å².